The summed E-state index contributed by atoms with van der Waals surface area (Å²) in [5, 5.41) is 8.06. The number of carbonyl (C=O) groups is 1. The minimum absolute atomic E-state index is 0.0146. The fourth-order valence-electron chi connectivity index (χ4n) is 2.34. The molecule has 0 bridgehead atoms. The molecular formula is C23H23F2O3S+. The summed E-state index contributed by atoms with van der Waals surface area (Å²) in [5.41, 5.74) is 0. The van der Waals surface area contributed by atoms with E-state index < -0.39 is 18.5 Å². The van der Waals surface area contributed by atoms with Crippen molar-refractivity contribution in [2.24, 2.45) is 0 Å². The SMILES string of the molecule is CC(F)(F)C(=O)OCCO.c1ccc([S+](c2ccccc2)c2ccccc2)cc1. The molecule has 0 amide bonds. The van der Waals surface area contributed by atoms with E-state index in [1.165, 1.54) is 14.7 Å². The van der Waals surface area contributed by atoms with E-state index in [0.29, 0.717) is 6.92 Å². The molecule has 0 atom stereocenters. The molecule has 3 aromatic carbocycles. The monoisotopic (exact) mass is 417 g/mol. The molecule has 0 aliphatic rings. The number of esters is 1. The van der Waals surface area contributed by atoms with Crippen LogP contribution in [0.2, 0.25) is 0 Å². The van der Waals surface area contributed by atoms with Gasteiger partial charge in [0.25, 0.3) is 0 Å². The summed E-state index contributed by atoms with van der Waals surface area (Å²) in [6.45, 7) is -0.392. The summed E-state index contributed by atoms with van der Waals surface area (Å²) in [4.78, 5) is 14.2. The fourth-order valence-corrected chi connectivity index (χ4v) is 4.45. The second-order valence-electron chi connectivity index (χ2n) is 5.99. The number of aliphatic hydroxyl groups excluding tert-OH is 1. The van der Waals surface area contributed by atoms with Crippen molar-refractivity contribution >= 4 is 16.9 Å². The molecule has 3 aromatic rings. The van der Waals surface area contributed by atoms with Crippen LogP contribution < -0.4 is 0 Å². The summed E-state index contributed by atoms with van der Waals surface area (Å²) in [6, 6.07) is 32.2. The molecule has 0 saturated heterocycles. The standard InChI is InChI=1S/C18H15S.C5H8F2O3/c1-4-10-16(11-5-1)19(17-12-6-2-7-13-17)18-14-8-3-9-15-18;1-5(6,7)4(9)10-3-2-8/h1-15H;8H,2-3H2,1H3/q+1;. The molecule has 29 heavy (non-hydrogen) atoms. The molecule has 0 fully saturated rings. The van der Waals surface area contributed by atoms with Gasteiger partial charge >= 0.3 is 11.9 Å². The number of rotatable bonds is 6. The Labute approximate surface area is 172 Å². The van der Waals surface area contributed by atoms with E-state index in [0.717, 1.165) is 0 Å². The number of benzene rings is 3. The normalized spacial score (nSPS) is 10.8. The van der Waals surface area contributed by atoms with Crippen molar-refractivity contribution in [3.8, 4) is 0 Å². The van der Waals surface area contributed by atoms with Crippen molar-refractivity contribution in [2.75, 3.05) is 13.2 Å². The second-order valence-corrected chi connectivity index (χ2v) is 8.02. The van der Waals surface area contributed by atoms with Gasteiger partial charge in [-0.3, -0.25) is 0 Å². The number of carbonyl (C=O) groups excluding carboxylic acids is 1. The third-order valence-electron chi connectivity index (χ3n) is 3.62. The quantitative estimate of drug-likeness (QED) is 0.456. The van der Waals surface area contributed by atoms with Gasteiger partial charge in [0.1, 0.15) is 6.61 Å². The van der Waals surface area contributed by atoms with Crippen LogP contribution in [-0.2, 0) is 20.4 Å². The zero-order valence-corrected chi connectivity index (χ0v) is 16.8. The van der Waals surface area contributed by atoms with Crippen LogP contribution in [0.4, 0.5) is 8.78 Å². The van der Waals surface area contributed by atoms with Gasteiger partial charge in [0.05, 0.1) is 17.5 Å². The maximum Gasteiger partial charge on any atom is 0.376 e. The molecule has 0 spiro atoms. The number of hydrogen-bond acceptors (Lipinski definition) is 3. The minimum Gasteiger partial charge on any atom is -0.459 e. The van der Waals surface area contributed by atoms with Gasteiger partial charge < -0.3 is 9.84 Å². The van der Waals surface area contributed by atoms with Crippen LogP contribution in [0.5, 0.6) is 0 Å². The van der Waals surface area contributed by atoms with Crippen molar-refractivity contribution in [3.63, 3.8) is 0 Å². The molecule has 152 valence electrons. The Bertz CT molecular complexity index is 760. The molecule has 0 aliphatic heterocycles. The van der Waals surface area contributed by atoms with Crippen LogP contribution in [0.3, 0.4) is 0 Å². The van der Waals surface area contributed by atoms with E-state index in [4.69, 9.17) is 5.11 Å². The Kier molecular flexibility index (Phi) is 8.83. The lowest BCUT2D eigenvalue weighted by atomic mass is 10.4. The predicted molar refractivity (Wildman–Crippen MR) is 110 cm³/mol. The predicted octanol–water partition coefficient (Wildman–Crippen LogP) is 4.96. The molecule has 0 aliphatic carbocycles. The van der Waals surface area contributed by atoms with Crippen molar-refractivity contribution in [2.45, 2.75) is 27.5 Å². The summed E-state index contributed by atoms with van der Waals surface area (Å²) in [6.07, 6.45) is 0. The van der Waals surface area contributed by atoms with E-state index in [1.54, 1.807) is 0 Å². The van der Waals surface area contributed by atoms with Gasteiger partial charge in [-0.15, -0.1) is 0 Å². The highest BCUT2D eigenvalue weighted by Crippen LogP contribution is 2.30. The van der Waals surface area contributed by atoms with Gasteiger partial charge in [-0.2, -0.15) is 8.78 Å². The van der Waals surface area contributed by atoms with Crippen LogP contribution in [0, 0.1) is 0 Å². The molecule has 0 saturated carbocycles. The molecule has 6 heteroatoms. The van der Waals surface area contributed by atoms with Gasteiger partial charge in [-0.1, -0.05) is 54.6 Å². The highest BCUT2D eigenvalue weighted by Gasteiger charge is 2.33. The molecule has 0 unspecified atom stereocenters. The van der Waals surface area contributed by atoms with Crippen LogP contribution in [0.15, 0.2) is 106 Å². The summed E-state index contributed by atoms with van der Waals surface area (Å²) >= 11 is 0. The zero-order valence-electron chi connectivity index (χ0n) is 16.0. The average molecular weight is 417 g/mol. The topological polar surface area (TPSA) is 46.5 Å². The van der Waals surface area contributed by atoms with Gasteiger partial charge in [0.15, 0.2) is 14.7 Å². The van der Waals surface area contributed by atoms with Gasteiger partial charge in [-0.25, -0.2) is 4.79 Å². The van der Waals surface area contributed by atoms with Crippen molar-refractivity contribution in [1.29, 1.82) is 0 Å². The minimum atomic E-state index is -3.46. The van der Waals surface area contributed by atoms with Crippen LogP contribution in [0.25, 0.3) is 0 Å². The Morgan fingerprint density at radius 2 is 1.17 bits per heavy atom. The molecule has 1 N–H and O–H groups in total. The first-order chi connectivity index (χ1) is 13.9. The van der Waals surface area contributed by atoms with Crippen LogP contribution in [-0.4, -0.2) is 30.2 Å². The van der Waals surface area contributed by atoms with E-state index in [1.807, 2.05) is 0 Å². The molecule has 0 heterocycles. The van der Waals surface area contributed by atoms with Gasteiger partial charge in [-0.05, 0) is 36.4 Å². The van der Waals surface area contributed by atoms with Gasteiger partial charge in [0.2, 0.25) is 0 Å². The van der Waals surface area contributed by atoms with E-state index in [9.17, 15) is 13.6 Å². The maximum absolute atomic E-state index is 11.9. The average Bonchev–Trinajstić information content (AvgIpc) is 2.74. The smallest absolute Gasteiger partial charge is 0.376 e. The maximum atomic E-state index is 11.9. The number of aliphatic hydroxyl groups is 1. The van der Waals surface area contributed by atoms with E-state index >= 15 is 0 Å². The highest BCUT2D eigenvalue weighted by atomic mass is 32.2. The summed E-state index contributed by atoms with van der Waals surface area (Å²) in [5.74, 6) is -5.07. The zero-order chi connectivity index (χ0) is 21.1. The van der Waals surface area contributed by atoms with Crippen molar-refractivity contribution in [1.82, 2.24) is 0 Å². The van der Waals surface area contributed by atoms with Crippen molar-refractivity contribution < 1.29 is 23.4 Å². The Balaban J connectivity index is 0.000000257. The largest absolute Gasteiger partial charge is 0.459 e. The first-order valence-electron chi connectivity index (χ1n) is 8.99. The second kappa shape index (κ2) is 11.3. The molecule has 3 nitrogen and oxygen atoms in total. The van der Waals surface area contributed by atoms with E-state index in [2.05, 4.69) is 95.7 Å². The lowest BCUT2D eigenvalue weighted by Crippen LogP contribution is -2.27. The first kappa shape index (κ1) is 22.6. The molecule has 3 rings (SSSR count). The number of hydrogen-bond donors (Lipinski definition) is 1. The van der Waals surface area contributed by atoms with Crippen molar-refractivity contribution in [3.05, 3.63) is 91.0 Å². The lowest BCUT2D eigenvalue weighted by molar-refractivity contribution is -0.170. The molecular weight excluding hydrogens is 394 g/mol. The molecule has 0 aromatic heterocycles. The van der Waals surface area contributed by atoms with Gasteiger partial charge in [0, 0.05) is 6.92 Å². The Morgan fingerprint density at radius 1 is 0.828 bits per heavy atom. The molecule has 0 radical (unpaired) electrons. The van der Waals surface area contributed by atoms with E-state index in [-0.39, 0.29) is 17.5 Å². The number of ether oxygens (including phenoxy) is 1. The third kappa shape index (κ3) is 7.33. The number of halogens is 2. The van der Waals surface area contributed by atoms with Crippen LogP contribution >= 0.6 is 0 Å². The Hall–Kier alpha value is -2.70. The third-order valence-corrected chi connectivity index (χ3v) is 5.85. The Morgan fingerprint density at radius 3 is 1.45 bits per heavy atom. The highest BCUT2D eigenvalue weighted by molar-refractivity contribution is 7.97. The summed E-state index contributed by atoms with van der Waals surface area (Å²) in [7, 11) is -0.0146. The summed E-state index contributed by atoms with van der Waals surface area (Å²) < 4.78 is 27.7. The fraction of sp³-hybridized carbons (Fsp3) is 0.174. The first-order valence-corrected chi connectivity index (χ1v) is 10.2. The lowest BCUT2D eigenvalue weighted by Gasteiger charge is -2.07. The van der Waals surface area contributed by atoms with Crippen LogP contribution in [0.1, 0.15) is 6.92 Å². The number of alkyl halides is 2.